The van der Waals surface area contributed by atoms with E-state index in [2.05, 4.69) is 18.0 Å². The maximum absolute atomic E-state index is 4.08. The van der Waals surface area contributed by atoms with Crippen LogP contribution in [0.5, 0.6) is 0 Å². The molecule has 0 unspecified atom stereocenters. The molecule has 1 heterocycles. The fourth-order valence-corrected chi connectivity index (χ4v) is 0.950. The van der Waals surface area contributed by atoms with Gasteiger partial charge in [-0.15, -0.1) is 0 Å². The molecule has 72 valence electrons. The van der Waals surface area contributed by atoms with Gasteiger partial charge < -0.3 is 0 Å². The van der Waals surface area contributed by atoms with Gasteiger partial charge in [0.1, 0.15) is 0 Å². The van der Waals surface area contributed by atoms with Crippen LogP contribution < -0.4 is 0 Å². The summed E-state index contributed by atoms with van der Waals surface area (Å²) in [5.74, 6) is 0. The van der Waals surface area contributed by atoms with E-state index in [0.717, 1.165) is 5.69 Å². The monoisotopic (exact) mass is 185 g/mol. The van der Waals surface area contributed by atoms with Gasteiger partial charge >= 0.3 is 0 Å². The molecule has 2 aromatic rings. The second kappa shape index (κ2) is 5.92. The molecule has 0 saturated carbocycles. The Labute approximate surface area is 85.4 Å². The van der Waals surface area contributed by atoms with E-state index in [4.69, 9.17) is 0 Å². The van der Waals surface area contributed by atoms with Crippen LogP contribution in [-0.2, 0) is 0 Å². The first kappa shape index (κ1) is 10.5. The van der Waals surface area contributed by atoms with E-state index in [1.54, 1.807) is 0 Å². The van der Waals surface area contributed by atoms with Gasteiger partial charge in [0.15, 0.2) is 0 Å². The molecule has 1 heteroatoms. The van der Waals surface area contributed by atoms with Crippen molar-refractivity contribution in [2.45, 2.75) is 13.8 Å². The van der Waals surface area contributed by atoms with Crippen molar-refractivity contribution in [2.75, 3.05) is 0 Å². The van der Waals surface area contributed by atoms with Crippen LogP contribution in [0.2, 0.25) is 0 Å². The Bertz CT molecular complexity index is 307. The number of benzene rings is 1. The zero-order valence-corrected chi connectivity index (χ0v) is 8.64. The molecule has 0 atom stereocenters. The fourth-order valence-electron chi connectivity index (χ4n) is 0.950. The van der Waals surface area contributed by atoms with Crippen LogP contribution in [0, 0.1) is 13.8 Å². The highest BCUT2D eigenvalue weighted by Crippen LogP contribution is 1.98. The third kappa shape index (κ3) is 3.85. The van der Waals surface area contributed by atoms with Crippen LogP contribution in [0.25, 0.3) is 0 Å². The Morgan fingerprint density at radius 1 is 0.786 bits per heavy atom. The van der Waals surface area contributed by atoms with Gasteiger partial charge in [-0.2, -0.15) is 0 Å². The second-order valence-corrected chi connectivity index (χ2v) is 3.06. The minimum absolute atomic E-state index is 1.12. The van der Waals surface area contributed by atoms with Crippen molar-refractivity contribution < 1.29 is 0 Å². The summed E-state index contributed by atoms with van der Waals surface area (Å²) < 4.78 is 0. The van der Waals surface area contributed by atoms with E-state index >= 15 is 0 Å². The molecule has 0 radical (unpaired) electrons. The molecule has 0 bridgehead atoms. The van der Waals surface area contributed by atoms with Gasteiger partial charge in [-0.1, -0.05) is 42.5 Å². The smallest absolute Gasteiger partial charge is 0.0401 e. The first-order valence-electron chi connectivity index (χ1n) is 4.69. The zero-order valence-electron chi connectivity index (χ0n) is 8.64. The van der Waals surface area contributed by atoms with Crippen LogP contribution in [0.15, 0.2) is 54.7 Å². The third-order valence-electron chi connectivity index (χ3n) is 1.94. The quantitative estimate of drug-likeness (QED) is 0.613. The van der Waals surface area contributed by atoms with Gasteiger partial charge in [0.05, 0.1) is 0 Å². The van der Waals surface area contributed by atoms with Gasteiger partial charge in [0.25, 0.3) is 0 Å². The molecule has 1 nitrogen and oxygen atoms in total. The van der Waals surface area contributed by atoms with Gasteiger partial charge in [-0.3, -0.25) is 4.98 Å². The largest absolute Gasteiger partial charge is 0.261 e. The highest BCUT2D eigenvalue weighted by molar-refractivity contribution is 5.15. The van der Waals surface area contributed by atoms with Crippen LogP contribution >= 0.6 is 0 Å². The van der Waals surface area contributed by atoms with E-state index in [-0.39, 0.29) is 0 Å². The molecule has 0 aliphatic carbocycles. The summed E-state index contributed by atoms with van der Waals surface area (Å²) >= 11 is 0. The lowest BCUT2D eigenvalue weighted by molar-refractivity contribution is 1.15. The van der Waals surface area contributed by atoms with E-state index in [1.807, 2.05) is 55.6 Å². The molecule has 0 N–H and O–H groups in total. The van der Waals surface area contributed by atoms with E-state index < -0.39 is 0 Å². The molecular formula is C13H15N. The van der Waals surface area contributed by atoms with Crippen molar-refractivity contribution in [3.63, 3.8) is 0 Å². The summed E-state index contributed by atoms with van der Waals surface area (Å²) in [4.78, 5) is 4.08. The third-order valence-corrected chi connectivity index (χ3v) is 1.94. The summed E-state index contributed by atoms with van der Waals surface area (Å²) in [6.07, 6.45) is 1.81. The molecule has 14 heavy (non-hydrogen) atoms. The molecule has 0 saturated heterocycles. The number of pyridine rings is 1. The lowest BCUT2D eigenvalue weighted by Gasteiger charge is -1.92. The molecule has 2 rings (SSSR count). The Morgan fingerprint density at radius 2 is 1.29 bits per heavy atom. The number of rotatable bonds is 0. The predicted octanol–water partition coefficient (Wildman–Crippen LogP) is 3.39. The van der Waals surface area contributed by atoms with Gasteiger partial charge in [-0.05, 0) is 25.5 Å². The van der Waals surface area contributed by atoms with Crippen LogP contribution in [0.4, 0.5) is 0 Å². The van der Waals surface area contributed by atoms with Crippen molar-refractivity contribution in [3.05, 3.63) is 66.0 Å². The Balaban J connectivity index is 0.000000146. The summed E-state index contributed by atoms with van der Waals surface area (Å²) in [6.45, 7) is 4.07. The molecule has 0 aliphatic rings. The van der Waals surface area contributed by atoms with Crippen molar-refractivity contribution in [1.29, 1.82) is 0 Å². The van der Waals surface area contributed by atoms with E-state index in [0.29, 0.717) is 0 Å². The van der Waals surface area contributed by atoms with Crippen molar-refractivity contribution >= 4 is 0 Å². The average Bonchev–Trinajstić information content (AvgIpc) is 2.26. The normalized spacial score (nSPS) is 8.71. The minimum atomic E-state index is 1.12. The molecule has 1 aromatic heterocycles. The van der Waals surface area contributed by atoms with Gasteiger partial charge in [-0.25, -0.2) is 0 Å². The number of hydrogen-bond donors (Lipinski definition) is 0. The summed E-state index contributed by atoms with van der Waals surface area (Å²) in [5, 5.41) is 0. The number of aryl methyl sites for hydroxylation is 2. The summed E-state index contributed by atoms with van der Waals surface area (Å²) in [7, 11) is 0. The highest BCUT2D eigenvalue weighted by atomic mass is 14.6. The predicted molar refractivity (Wildman–Crippen MR) is 60.2 cm³/mol. The molecule has 0 spiro atoms. The maximum atomic E-state index is 4.08. The van der Waals surface area contributed by atoms with Crippen molar-refractivity contribution in [1.82, 2.24) is 4.98 Å². The maximum Gasteiger partial charge on any atom is 0.0401 e. The standard InChI is InChI=1S/C7H9N.C6H6/c1-6-4-3-5-8-7(6)2;1-2-4-6-5-3-1/h3-5H,1-2H3;1-6H. The number of hydrogen-bond acceptors (Lipinski definition) is 1. The molecule has 0 amide bonds. The fraction of sp³-hybridized carbons (Fsp3) is 0.154. The van der Waals surface area contributed by atoms with Crippen LogP contribution in [-0.4, -0.2) is 4.98 Å². The summed E-state index contributed by atoms with van der Waals surface area (Å²) in [5.41, 5.74) is 2.38. The Kier molecular flexibility index (Phi) is 4.42. The van der Waals surface area contributed by atoms with Gasteiger partial charge in [0.2, 0.25) is 0 Å². The lowest BCUT2D eigenvalue weighted by atomic mass is 10.2. The molecular weight excluding hydrogens is 170 g/mol. The first-order valence-corrected chi connectivity index (χ1v) is 4.69. The second-order valence-electron chi connectivity index (χ2n) is 3.06. The van der Waals surface area contributed by atoms with Gasteiger partial charge in [0, 0.05) is 11.9 Å². The van der Waals surface area contributed by atoms with Crippen molar-refractivity contribution in [2.24, 2.45) is 0 Å². The number of nitrogens with zero attached hydrogens (tertiary/aromatic N) is 1. The molecule has 1 aromatic carbocycles. The van der Waals surface area contributed by atoms with Crippen LogP contribution in [0.3, 0.4) is 0 Å². The Hall–Kier alpha value is -1.63. The molecule has 0 fully saturated rings. The van der Waals surface area contributed by atoms with Crippen LogP contribution in [0.1, 0.15) is 11.3 Å². The average molecular weight is 185 g/mol. The van der Waals surface area contributed by atoms with Crippen molar-refractivity contribution in [3.8, 4) is 0 Å². The minimum Gasteiger partial charge on any atom is -0.261 e. The molecule has 0 aliphatic heterocycles. The SMILES string of the molecule is Cc1cccnc1C.c1ccccc1. The summed E-state index contributed by atoms with van der Waals surface area (Å²) in [6, 6.07) is 16.0. The zero-order chi connectivity index (χ0) is 10.2. The number of aromatic nitrogens is 1. The van der Waals surface area contributed by atoms with E-state index in [9.17, 15) is 0 Å². The lowest BCUT2D eigenvalue weighted by Crippen LogP contribution is -1.81. The first-order chi connectivity index (χ1) is 6.80. The topological polar surface area (TPSA) is 12.9 Å². The van der Waals surface area contributed by atoms with E-state index in [1.165, 1.54) is 5.56 Å². The highest BCUT2D eigenvalue weighted by Gasteiger charge is 1.85. The Morgan fingerprint density at radius 3 is 1.57 bits per heavy atom.